The summed E-state index contributed by atoms with van der Waals surface area (Å²) in [5.74, 6) is 1.11. The number of hydrogen-bond donors (Lipinski definition) is 3. The number of benzene rings is 1. The van der Waals surface area contributed by atoms with Crippen molar-refractivity contribution in [2.45, 2.75) is 84.2 Å². The first-order chi connectivity index (χ1) is 16.6. The van der Waals surface area contributed by atoms with Gasteiger partial charge in [0, 0.05) is 31.2 Å². The topological polar surface area (TPSA) is 87.0 Å². The summed E-state index contributed by atoms with van der Waals surface area (Å²) in [6.07, 6.45) is 6.96. The monoisotopic (exact) mass is 480 g/mol. The molecule has 1 aromatic carbocycles. The van der Waals surface area contributed by atoms with E-state index in [1.807, 2.05) is 0 Å². The lowest BCUT2D eigenvalue weighted by Gasteiger charge is -2.51. The zero-order chi connectivity index (χ0) is 25.0. The van der Waals surface area contributed by atoms with Crippen LogP contribution in [-0.2, 0) is 30.5 Å². The van der Waals surface area contributed by atoms with Crippen molar-refractivity contribution in [3.05, 3.63) is 40.0 Å². The van der Waals surface area contributed by atoms with E-state index >= 15 is 0 Å². The van der Waals surface area contributed by atoms with Gasteiger partial charge in [-0.1, -0.05) is 26.0 Å². The van der Waals surface area contributed by atoms with Crippen LogP contribution in [-0.4, -0.2) is 46.5 Å². The van der Waals surface area contributed by atoms with Crippen LogP contribution >= 0.6 is 0 Å². The van der Waals surface area contributed by atoms with Crippen molar-refractivity contribution in [1.29, 1.82) is 0 Å². The Morgan fingerprint density at radius 3 is 2.23 bits per heavy atom. The number of hydrogen-bond acceptors (Lipinski definition) is 5. The van der Waals surface area contributed by atoms with E-state index in [-0.39, 0.29) is 53.7 Å². The number of ketones is 1. The number of aliphatic hydroxyl groups excluding tert-OH is 3. The largest absolute Gasteiger partial charge is 0.478 e. The van der Waals surface area contributed by atoms with Crippen molar-refractivity contribution in [3.8, 4) is 5.75 Å². The summed E-state index contributed by atoms with van der Waals surface area (Å²) in [4.78, 5) is 14.4. The molecule has 2 spiro atoms. The van der Waals surface area contributed by atoms with Crippen LogP contribution in [0.3, 0.4) is 0 Å². The molecule has 3 N–H and O–H groups in total. The molecule has 6 rings (SSSR count). The highest BCUT2D eigenvalue weighted by molar-refractivity contribution is 5.95. The lowest BCUT2D eigenvalue weighted by atomic mass is 9.58. The molecule has 5 heteroatoms. The van der Waals surface area contributed by atoms with Gasteiger partial charge in [0.05, 0.1) is 0 Å². The van der Waals surface area contributed by atoms with E-state index in [1.54, 1.807) is 0 Å². The highest BCUT2D eigenvalue weighted by Gasteiger charge is 2.73. The Kier molecular flexibility index (Phi) is 5.03. The molecule has 190 valence electrons. The van der Waals surface area contributed by atoms with Crippen LogP contribution in [0.5, 0.6) is 5.75 Å². The molecule has 4 aliphatic carbocycles. The standard InChI is InChI=1S/C30H40O5/c1-17-19(6-10-31)20-5-7-30(35-25(20)23-13-27(3,15-32)11-21(17)23)26(34)24-14-28(4,16-33)12-22(24)18(2)29(30)8-9-29/h22,24,31-33H,2,5-16H2,1,3-4H3. The molecule has 5 unspecified atom stereocenters. The van der Waals surface area contributed by atoms with Crippen molar-refractivity contribution in [1.82, 2.24) is 0 Å². The van der Waals surface area contributed by atoms with Crippen molar-refractivity contribution >= 4 is 5.78 Å². The number of carbonyl (C=O) groups excluding carboxylic acids is 1. The average molecular weight is 481 g/mol. The molecule has 0 saturated heterocycles. The molecule has 35 heavy (non-hydrogen) atoms. The first-order valence-corrected chi connectivity index (χ1v) is 13.5. The number of aliphatic hydroxyl groups is 3. The van der Waals surface area contributed by atoms with Crippen LogP contribution in [0.1, 0.15) is 73.8 Å². The summed E-state index contributed by atoms with van der Waals surface area (Å²) >= 11 is 0. The summed E-state index contributed by atoms with van der Waals surface area (Å²) in [7, 11) is 0. The van der Waals surface area contributed by atoms with Crippen LogP contribution in [0, 0.1) is 35.0 Å². The first-order valence-electron chi connectivity index (χ1n) is 13.5. The highest BCUT2D eigenvalue weighted by Crippen LogP contribution is 2.71. The first kappa shape index (κ1) is 23.7. The maximum atomic E-state index is 14.4. The summed E-state index contributed by atoms with van der Waals surface area (Å²) in [5, 5.41) is 30.1. The van der Waals surface area contributed by atoms with Gasteiger partial charge in [0.15, 0.2) is 11.4 Å². The van der Waals surface area contributed by atoms with Gasteiger partial charge in [-0.3, -0.25) is 4.79 Å². The van der Waals surface area contributed by atoms with Gasteiger partial charge in [-0.05, 0) is 109 Å². The Labute approximate surface area is 208 Å². The van der Waals surface area contributed by atoms with Gasteiger partial charge in [0.2, 0.25) is 0 Å². The van der Waals surface area contributed by atoms with Crippen LogP contribution in [0.2, 0.25) is 0 Å². The van der Waals surface area contributed by atoms with E-state index in [9.17, 15) is 20.1 Å². The van der Waals surface area contributed by atoms with E-state index in [0.717, 1.165) is 61.0 Å². The maximum Gasteiger partial charge on any atom is 0.180 e. The molecule has 3 saturated carbocycles. The third kappa shape index (κ3) is 2.95. The third-order valence-corrected chi connectivity index (χ3v) is 10.7. The second-order valence-electron chi connectivity index (χ2n) is 13.2. The third-order valence-electron chi connectivity index (χ3n) is 10.7. The molecule has 1 aliphatic heterocycles. The van der Waals surface area contributed by atoms with Gasteiger partial charge in [-0.2, -0.15) is 0 Å². The quantitative estimate of drug-likeness (QED) is 0.573. The fourth-order valence-electron chi connectivity index (χ4n) is 8.62. The molecule has 0 radical (unpaired) electrons. The zero-order valence-corrected chi connectivity index (χ0v) is 21.5. The predicted octanol–water partition coefficient (Wildman–Crippen LogP) is 3.63. The van der Waals surface area contributed by atoms with Crippen LogP contribution in [0.4, 0.5) is 0 Å². The van der Waals surface area contributed by atoms with E-state index in [0.29, 0.717) is 19.3 Å². The van der Waals surface area contributed by atoms with E-state index in [4.69, 9.17) is 4.74 Å². The number of Topliss-reactive ketones (excluding diaryl/α,β-unsaturated/α-hetero) is 1. The molecule has 5 atom stereocenters. The normalized spacial score (nSPS) is 38.5. The molecular weight excluding hydrogens is 440 g/mol. The molecular formula is C30H40O5. The van der Waals surface area contributed by atoms with Crippen LogP contribution in [0.15, 0.2) is 12.2 Å². The minimum atomic E-state index is -0.878. The van der Waals surface area contributed by atoms with Crippen molar-refractivity contribution in [2.75, 3.05) is 19.8 Å². The van der Waals surface area contributed by atoms with Gasteiger partial charge in [0.1, 0.15) is 5.75 Å². The fraction of sp³-hybridized carbons (Fsp3) is 0.700. The summed E-state index contributed by atoms with van der Waals surface area (Å²) < 4.78 is 7.12. The second-order valence-corrected chi connectivity index (χ2v) is 13.2. The van der Waals surface area contributed by atoms with Crippen LogP contribution < -0.4 is 4.74 Å². The van der Waals surface area contributed by atoms with Crippen molar-refractivity contribution < 1.29 is 24.9 Å². The Morgan fingerprint density at radius 2 is 1.60 bits per heavy atom. The van der Waals surface area contributed by atoms with E-state index < -0.39 is 5.60 Å². The average Bonchev–Trinajstić information content (AvgIpc) is 3.47. The fourth-order valence-corrected chi connectivity index (χ4v) is 8.62. The van der Waals surface area contributed by atoms with Gasteiger partial charge >= 0.3 is 0 Å². The Bertz CT molecular complexity index is 1130. The molecule has 5 nitrogen and oxygen atoms in total. The summed E-state index contributed by atoms with van der Waals surface area (Å²) in [6, 6.07) is 0. The van der Waals surface area contributed by atoms with Crippen molar-refractivity contribution in [2.24, 2.45) is 28.1 Å². The second kappa shape index (κ2) is 7.43. The number of ether oxygens (including phenoxy) is 1. The molecule has 3 fully saturated rings. The maximum absolute atomic E-state index is 14.4. The smallest absolute Gasteiger partial charge is 0.180 e. The Hall–Kier alpha value is -1.69. The molecule has 1 heterocycles. The van der Waals surface area contributed by atoms with Crippen molar-refractivity contribution in [3.63, 3.8) is 0 Å². The zero-order valence-electron chi connectivity index (χ0n) is 21.5. The lowest BCUT2D eigenvalue weighted by molar-refractivity contribution is -0.152. The SMILES string of the molecule is C=C1C2CC(C)(CO)CC2C(=O)C2(CCc3c(CCO)c(C)c4c(c3O2)CC(C)(CO)C4)C12CC2. The van der Waals surface area contributed by atoms with Gasteiger partial charge in [-0.25, -0.2) is 0 Å². The van der Waals surface area contributed by atoms with Gasteiger partial charge in [0.25, 0.3) is 0 Å². The van der Waals surface area contributed by atoms with E-state index in [1.165, 1.54) is 16.7 Å². The molecule has 0 bridgehead atoms. The van der Waals surface area contributed by atoms with Crippen LogP contribution in [0.25, 0.3) is 0 Å². The molecule has 0 aromatic heterocycles. The van der Waals surface area contributed by atoms with Gasteiger partial charge in [-0.15, -0.1) is 0 Å². The minimum absolute atomic E-state index is 0.0810. The molecule has 1 aromatic rings. The number of fused-ring (bicyclic) bond motifs is 5. The molecule has 0 amide bonds. The summed E-state index contributed by atoms with van der Waals surface area (Å²) in [5.41, 5.74) is 5.48. The Morgan fingerprint density at radius 1 is 0.943 bits per heavy atom. The molecule has 5 aliphatic rings. The number of carbonyl (C=O) groups is 1. The summed E-state index contributed by atoms with van der Waals surface area (Å²) in [6.45, 7) is 11.3. The highest BCUT2D eigenvalue weighted by atomic mass is 16.5. The predicted molar refractivity (Wildman–Crippen MR) is 133 cm³/mol. The Balaban J connectivity index is 1.49. The minimum Gasteiger partial charge on any atom is -0.478 e. The van der Waals surface area contributed by atoms with E-state index in [2.05, 4.69) is 27.4 Å². The number of rotatable bonds is 4. The lowest BCUT2D eigenvalue weighted by Crippen LogP contribution is -2.61. The van der Waals surface area contributed by atoms with Gasteiger partial charge < -0.3 is 20.1 Å².